The van der Waals surface area contributed by atoms with Crippen molar-refractivity contribution in [3.8, 4) is 0 Å². The molecule has 1 fully saturated rings. The van der Waals surface area contributed by atoms with Crippen LogP contribution in [0.4, 0.5) is 0 Å². The van der Waals surface area contributed by atoms with Gasteiger partial charge in [0.2, 0.25) is 5.91 Å². The number of hydrogen-bond acceptors (Lipinski definition) is 2. The van der Waals surface area contributed by atoms with E-state index in [0.717, 1.165) is 25.9 Å². The summed E-state index contributed by atoms with van der Waals surface area (Å²) in [6.45, 7) is 3.71. The van der Waals surface area contributed by atoms with Crippen molar-refractivity contribution in [1.29, 1.82) is 0 Å². The molecule has 1 aliphatic heterocycles. The smallest absolute Gasteiger partial charge is 0.222 e. The monoisotopic (exact) mass is 260 g/mol. The summed E-state index contributed by atoms with van der Waals surface area (Å²) >= 11 is 0. The Labute approximate surface area is 116 Å². The van der Waals surface area contributed by atoms with Crippen molar-refractivity contribution < 1.29 is 4.79 Å². The fourth-order valence-electron chi connectivity index (χ4n) is 2.62. The van der Waals surface area contributed by atoms with E-state index in [4.69, 9.17) is 0 Å². The molecule has 0 radical (unpaired) electrons. The van der Waals surface area contributed by atoms with Crippen LogP contribution in [0.25, 0.3) is 0 Å². The summed E-state index contributed by atoms with van der Waals surface area (Å²) in [6, 6.07) is 9.00. The van der Waals surface area contributed by atoms with Crippen molar-refractivity contribution in [1.82, 2.24) is 9.80 Å². The molecule has 1 amide bonds. The van der Waals surface area contributed by atoms with Crippen LogP contribution in [-0.2, 0) is 11.3 Å². The third-order valence-electron chi connectivity index (χ3n) is 4.00. The first-order valence-corrected chi connectivity index (χ1v) is 7.06. The molecule has 3 heteroatoms. The average Bonchev–Trinajstić information content (AvgIpc) is 2.55. The van der Waals surface area contributed by atoms with Gasteiger partial charge >= 0.3 is 0 Å². The van der Waals surface area contributed by atoms with Crippen LogP contribution in [-0.4, -0.2) is 42.4 Å². The number of likely N-dealkylation sites (tertiary alicyclic amines) is 1. The molecule has 1 aromatic rings. The highest BCUT2D eigenvalue weighted by atomic mass is 16.2. The molecule has 0 bridgehead atoms. The van der Waals surface area contributed by atoms with Crippen LogP contribution in [0, 0.1) is 6.92 Å². The van der Waals surface area contributed by atoms with E-state index in [1.807, 2.05) is 4.90 Å². The molecule has 0 N–H and O–H groups in total. The van der Waals surface area contributed by atoms with Gasteiger partial charge in [0.15, 0.2) is 0 Å². The zero-order chi connectivity index (χ0) is 13.8. The summed E-state index contributed by atoms with van der Waals surface area (Å²) in [5.41, 5.74) is 2.49. The highest BCUT2D eigenvalue weighted by Crippen LogP contribution is 2.18. The number of nitrogens with zero attached hydrogens (tertiary/aromatic N) is 2. The Hall–Kier alpha value is -1.35. The first-order valence-electron chi connectivity index (χ1n) is 7.06. The predicted molar refractivity (Wildman–Crippen MR) is 77.9 cm³/mol. The number of benzene rings is 1. The fraction of sp³-hybridized carbons (Fsp3) is 0.562. The fourth-order valence-corrected chi connectivity index (χ4v) is 2.62. The molecule has 0 saturated carbocycles. The highest BCUT2D eigenvalue weighted by Gasteiger charge is 2.23. The van der Waals surface area contributed by atoms with Crippen molar-refractivity contribution in [2.24, 2.45) is 0 Å². The third-order valence-corrected chi connectivity index (χ3v) is 4.00. The van der Waals surface area contributed by atoms with Gasteiger partial charge < -0.3 is 9.80 Å². The topological polar surface area (TPSA) is 23.6 Å². The van der Waals surface area contributed by atoms with Gasteiger partial charge in [0.05, 0.1) is 0 Å². The maximum atomic E-state index is 12.2. The second-order valence-electron chi connectivity index (χ2n) is 5.75. The highest BCUT2D eigenvalue weighted by molar-refractivity contribution is 5.76. The second kappa shape index (κ2) is 6.20. The van der Waals surface area contributed by atoms with Crippen LogP contribution in [0.5, 0.6) is 0 Å². The molecule has 104 valence electrons. The molecule has 1 aromatic carbocycles. The van der Waals surface area contributed by atoms with Gasteiger partial charge in [-0.2, -0.15) is 0 Å². The SMILES string of the molecule is Cc1ccc(CN2CCC(N(C)C)CCC2=O)cc1. The number of amides is 1. The minimum Gasteiger partial charge on any atom is -0.338 e. The minimum absolute atomic E-state index is 0.296. The summed E-state index contributed by atoms with van der Waals surface area (Å²) in [5, 5.41) is 0. The summed E-state index contributed by atoms with van der Waals surface area (Å²) in [7, 11) is 4.20. The van der Waals surface area contributed by atoms with Crippen molar-refractivity contribution in [3.05, 3.63) is 35.4 Å². The third kappa shape index (κ3) is 3.80. The lowest BCUT2D eigenvalue weighted by Crippen LogP contribution is -2.31. The Bertz CT molecular complexity index is 425. The van der Waals surface area contributed by atoms with E-state index < -0.39 is 0 Å². The van der Waals surface area contributed by atoms with Crippen molar-refractivity contribution in [3.63, 3.8) is 0 Å². The molecule has 0 aliphatic carbocycles. The van der Waals surface area contributed by atoms with Crippen molar-refractivity contribution >= 4 is 5.91 Å². The van der Waals surface area contributed by atoms with E-state index in [1.54, 1.807) is 0 Å². The Morgan fingerprint density at radius 2 is 1.89 bits per heavy atom. The molecule has 1 unspecified atom stereocenters. The van der Waals surface area contributed by atoms with Crippen LogP contribution in [0.2, 0.25) is 0 Å². The minimum atomic E-state index is 0.296. The Balaban J connectivity index is 1.99. The van der Waals surface area contributed by atoms with Crippen LogP contribution >= 0.6 is 0 Å². The molecular weight excluding hydrogens is 236 g/mol. The molecular formula is C16H24N2O. The van der Waals surface area contributed by atoms with Crippen LogP contribution in [0.15, 0.2) is 24.3 Å². The van der Waals surface area contributed by atoms with Crippen LogP contribution in [0.3, 0.4) is 0 Å². The molecule has 0 aromatic heterocycles. The molecule has 2 rings (SSSR count). The number of carbonyl (C=O) groups excluding carboxylic acids is 1. The lowest BCUT2D eigenvalue weighted by molar-refractivity contribution is -0.131. The van der Waals surface area contributed by atoms with Gasteiger partial charge in [-0.05, 0) is 39.4 Å². The van der Waals surface area contributed by atoms with Gasteiger partial charge in [-0.25, -0.2) is 0 Å². The molecule has 19 heavy (non-hydrogen) atoms. The average molecular weight is 260 g/mol. The van der Waals surface area contributed by atoms with Crippen LogP contribution in [0.1, 0.15) is 30.4 Å². The normalized spacial score (nSPS) is 20.7. The number of hydrogen-bond donors (Lipinski definition) is 0. The lowest BCUT2D eigenvalue weighted by Gasteiger charge is -2.23. The molecule has 1 atom stereocenters. The van der Waals surface area contributed by atoms with Gasteiger partial charge in [-0.15, -0.1) is 0 Å². The van der Waals surface area contributed by atoms with E-state index in [1.165, 1.54) is 11.1 Å². The second-order valence-corrected chi connectivity index (χ2v) is 5.75. The van der Waals surface area contributed by atoms with Crippen molar-refractivity contribution in [2.75, 3.05) is 20.6 Å². The number of rotatable bonds is 3. The van der Waals surface area contributed by atoms with Gasteiger partial charge in [0.25, 0.3) is 0 Å². The maximum Gasteiger partial charge on any atom is 0.222 e. The quantitative estimate of drug-likeness (QED) is 0.833. The van der Waals surface area contributed by atoms with E-state index in [2.05, 4.69) is 50.2 Å². The van der Waals surface area contributed by atoms with Gasteiger partial charge in [0.1, 0.15) is 0 Å². The first kappa shape index (κ1) is 14.1. The number of aryl methyl sites for hydroxylation is 1. The molecule has 0 spiro atoms. The summed E-state index contributed by atoms with van der Waals surface area (Å²) in [4.78, 5) is 16.4. The molecule has 3 nitrogen and oxygen atoms in total. The van der Waals surface area contributed by atoms with Gasteiger partial charge in [-0.3, -0.25) is 4.79 Å². The first-order chi connectivity index (χ1) is 9.06. The van der Waals surface area contributed by atoms with E-state index >= 15 is 0 Å². The Morgan fingerprint density at radius 3 is 2.53 bits per heavy atom. The zero-order valence-corrected chi connectivity index (χ0v) is 12.2. The number of carbonyl (C=O) groups is 1. The predicted octanol–water partition coefficient (Wildman–Crippen LogP) is 2.44. The molecule has 1 heterocycles. The van der Waals surface area contributed by atoms with Gasteiger partial charge in [-0.1, -0.05) is 29.8 Å². The summed E-state index contributed by atoms with van der Waals surface area (Å²) in [5.74, 6) is 0.296. The summed E-state index contributed by atoms with van der Waals surface area (Å²) < 4.78 is 0. The molecule has 1 saturated heterocycles. The molecule has 1 aliphatic rings. The zero-order valence-electron chi connectivity index (χ0n) is 12.2. The largest absolute Gasteiger partial charge is 0.338 e. The standard InChI is InChI=1S/C16H24N2O/c1-13-4-6-14(7-5-13)12-18-11-10-15(17(2)3)8-9-16(18)19/h4-7,15H,8-12H2,1-3H3. The van der Waals surface area contributed by atoms with Gasteiger partial charge in [0, 0.05) is 25.6 Å². The van der Waals surface area contributed by atoms with E-state index in [-0.39, 0.29) is 0 Å². The van der Waals surface area contributed by atoms with E-state index in [9.17, 15) is 4.79 Å². The Kier molecular flexibility index (Phi) is 4.59. The Morgan fingerprint density at radius 1 is 1.21 bits per heavy atom. The van der Waals surface area contributed by atoms with Crippen LogP contribution < -0.4 is 0 Å². The summed E-state index contributed by atoms with van der Waals surface area (Å²) in [6.07, 6.45) is 2.73. The van der Waals surface area contributed by atoms with Crippen molar-refractivity contribution in [2.45, 2.75) is 38.8 Å². The lowest BCUT2D eigenvalue weighted by atomic mass is 10.1. The maximum absolute atomic E-state index is 12.2. The van der Waals surface area contributed by atoms with E-state index in [0.29, 0.717) is 18.4 Å².